The number of ether oxygens (including phenoxy) is 1. The molecule has 2 nitrogen and oxygen atoms in total. The Hall–Kier alpha value is -1.52. The van der Waals surface area contributed by atoms with Gasteiger partial charge in [0.1, 0.15) is 5.75 Å². The van der Waals surface area contributed by atoms with E-state index in [0.29, 0.717) is 5.17 Å². The standard InChI is InChI=1S/C13H11NOS2/c16-12-8-6-10(7-9-12)14-13(17)15-11-4-2-1-3-5-11/h1-9,16H,(H,14,17). The summed E-state index contributed by atoms with van der Waals surface area (Å²) in [6, 6.07) is 17.0. The molecule has 0 bridgehead atoms. The van der Waals surface area contributed by atoms with E-state index >= 15 is 0 Å². The summed E-state index contributed by atoms with van der Waals surface area (Å²) in [5.74, 6) is 0.718. The summed E-state index contributed by atoms with van der Waals surface area (Å²) < 4.78 is 5.45. The second-order valence-electron chi connectivity index (χ2n) is 3.37. The van der Waals surface area contributed by atoms with Gasteiger partial charge in [0.2, 0.25) is 0 Å². The summed E-state index contributed by atoms with van der Waals surface area (Å²) in [5.41, 5.74) is 0.878. The van der Waals surface area contributed by atoms with E-state index in [-0.39, 0.29) is 0 Å². The van der Waals surface area contributed by atoms with Crippen LogP contribution in [-0.4, -0.2) is 5.17 Å². The molecule has 4 heteroatoms. The molecular formula is C13H11NOS2. The summed E-state index contributed by atoms with van der Waals surface area (Å²) in [4.78, 5) is 0.908. The van der Waals surface area contributed by atoms with Crippen molar-refractivity contribution >= 4 is 35.7 Å². The van der Waals surface area contributed by atoms with Gasteiger partial charge in [0.15, 0.2) is 0 Å². The molecule has 0 radical (unpaired) electrons. The van der Waals surface area contributed by atoms with Crippen molar-refractivity contribution in [1.29, 1.82) is 0 Å². The molecule has 0 aliphatic carbocycles. The Labute approximate surface area is 111 Å². The fourth-order valence-electron chi connectivity index (χ4n) is 1.28. The second kappa shape index (κ2) is 5.70. The van der Waals surface area contributed by atoms with Gasteiger partial charge < -0.3 is 10.1 Å². The molecule has 0 aliphatic rings. The quantitative estimate of drug-likeness (QED) is 0.635. The maximum Gasteiger partial charge on any atom is 0.266 e. The number of rotatable bonds is 2. The van der Waals surface area contributed by atoms with Gasteiger partial charge in [-0.25, -0.2) is 0 Å². The lowest BCUT2D eigenvalue weighted by molar-refractivity contribution is 0.563. The molecule has 86 valence electrons. The lowest BCUT2D eigenvalue weighted by Gasteiger charge is -2.09. The van der Waals surface area contributed by atoms with Crippen molar-refractivity contribution < 1.29 is 4.74 Å². The highest BCUT2D eigenvalue weighted by Gasteiger charge is 2.00. The molecule has 0 heterocycles. The maximum atomic E-state index is 5.45. The van der Waals surface area contributed by atoms with Gasteiger partial charge in [0.25, 0.3) is 5.17 Å². The zero-order valence-corrected chi connectivity index (χ0v) is 10.7. The Kier molecular flexibility index (Phi) is 4.01. The average Bonchev–Trinajstić information content (AvgIpc) is 2.33. The summed E-state index contributed by atoms with van der Waals surface area (Å²) in [5, 5.41) is 3.32. The van der Waals surface area contributed by atoms with Gasteiger partial charge in [-0.1, -0.05) is 18.2 Å². The number of hydrogen-bond acceptors (Lipinski definition) is 3. The van der Waals surface area contributed by atoms with Gasteiger partial charge in [-0.15, -0.1) is 12.6 Å². The van der Waals surface area contributed by atoms with E-state index in [1.165, 1.54) is 0 Å². The predicted molar refractivity (Wildman–Crippen MR) is 77.0 cm³/mol. The van der Waals surface area contributed by atoms with Crippen molar-refractivity contribution in [2.75, 3.05) is 5.32 Å². The number of thiocarbonyl (C=S) groups is 1. The molecule has 17 heavy (non-hydrogen) atoms. The second-order valence-corrected chi connectivity index (χ2v) is 4.26. The van der Waals surface area contributed by atoms with E-state index in [1.54, 1.807) is 0 Å². The molecule has 0 aliphatic heterocycles. The molecule has 1 N–H and O–H groups in total. The fourth-order valence-corrected chi connectivity index (χ4v) is 1.65. The maximum absolute atomic E-state index is 5.45. The van der Waals surface area contributed by atoms with Crippen LogP contribution >= 0.6 is 24.8 Å². The molecule has 0 saturated heterocycles. The molecule has 2 rings (SSSR count). The van der Waals surface area contributed by atoms with Crippen molar-refractivity contribution in [1.82, 2.24) is 0 Å². The zero-order chi connectivity index (χ0) is 12.1. The predicted octanol–water partition coefficient (Wildman–Crippen LogP) is 3.75. The molecule has 0 amide bonds. The van der Waals surface area contributed by atoms with Crippen molar-refractivity contribution in [3.63, 3.8) is 0 Å². The highest BCUT2D eigenvalue weighted by atomic mass is 32.1. The van der Waals surface area contributed by atoms with Gasteiger partial charge in [-0.3, -0.25) is 0 Å². The first-order valence-electron chi connectivity index (χ1n) is 5.07. The number of thiol groups is 1. The molecule has 0 aromatic heterocycles. The average molecular weight is 261 g/mol. The monoisotopic (exact) mass is 261 g/mol. The highest BCUT2D eigenvalue weighted by Crippen LogP contribution is 2.14. The summed E-state index contributed by atoms with van der Waals surface area (Å²) in [7, 11) is 0. The van der Waals surface area contributed by atoms with Crippen molar-refractivity contribution in [2.24, 2.45) is 0 Å². The number of anilines is 1. The lowest BCUT2D eigenvalue weighted by Crippen LogP contribution is -2.16. The van der Waals surface area contributed by atoms with Crippen LogP contribution in [0, 0.1) is 0 Å². The largest absolute Gasteiger partial charge is 0.432 e. The summed E-state index contributed by atoms with van der Waals surface area (Å²) in [6.45, 7) is 0. The Balaban J connectivity index is 1.96. The minimum absolute atomic E-state index is 0.322. The van der Waals surface area contributed by atoms with Crippen LogP contribution in [-0.2, 0) is 0 Å². The van der Waals surface area contributed by atoms with E-state index in [9.17, 15) is 0 Å². The summed E-state index contributed by atoms with van der Waals surface area (Å²) >= 11 is 9.31. The van der Waals surface area contributed by atoms with Gasteiger partial charge in [0.05, 0.1) is 0 Å². The Bertz CT molecular complexity index is 497. The molecule has 2 aromatic rings. The van der Waals surface area contributed by atoms with E-state index in [2.05, 4.69) is 17.9 Å². The van der Waals surface area contributed by atoms with Gasteiger partial charge in [-0.2, -0.15) is 0 Å². The normalized spacial score (nSPS) is 9.71. The number of para-hydroxylation sites is 1. The molecule has 0 fully saturated rings. The minimum atomic E-state index is 0.322. The van der Waals surface area contributed by atoms with E-state index < -0.39 is 0 Å². The fraction of sp³-hybridized carbons (Fsp3) is 0. The van der Waals surface area contributed by atoms with Crippen molar-refractivity contribution in [3.05, 3.63) is 54.6 Å². The smallest absolute Gasteiger partial charge is 0.266 e. The number of hydrogen-bond donors (Lipinski definition) is 2. The van der Waals surface area contributed by atoms with Gasteiger partial charge in [0, 0.05) is 10.6 Å². The van der Waals surface area contributed by atoms with Crippen molar-refractivity contribution in [3.8, 4) is 5.75 Å². The third-order valence-corrected chi connectivity index (χ3v) is 2.55. The molecule has 0 spiro atoms. The molecular weight excluding hydrogens is 250 g/mol. The lowest BCUT2D eigenvalue weighted by atomic mass is 10.3. The first kappa shape index (κ1) is 12.0. The van der Waals surface area contributed by atoms with E-state index in [0.717, 1.165) is 16.3 Å². The number of nitrogens with one attached hydrogen (secondary N) is 1. The third kappa shape index (κ3) is 3.76. The van der Waals surface area contributed by atoms with Crippen LogP contribution in [0.5, 0.6) is 5.75 Å². The Morgan fingerprint density at radius 2 is 1.65 bits per heavy atom. The Morgan fingerprint density at radius 1 is 1.00 bits per heavy atom. The zero-order valence-electron chi connectivity index (χ0n) is 8.96. The Morgan fingerprint density at radius 3 is 2.29 bits per heavy atom. The van der Waals surface area contributed by atoms with Crippen LogP contribution in [0.3, 0.4) is 0 Å². The molecule has 0 atom stereocenters. The summed E-state index contributed by atoms with van der Waals surface area (Å²) in [6.07, 6.45) is 0. The number of benzene rings is 2. The van der Waals surface area contributed by atoms with Gasteiger partial charge in [-0.05, 0) is 48.6 Å². The van der Waals surface area contributed by atoms with E-state index in [4.69, 9.17) is 17.0 Å². The van der Waals surface area contributed by atoms with Crippen LogP contribution in [0.1, 0.15) is 0 Å². The van der Waals surface area contributed by atoms with E-state index in [1.807, 2.05) is 54.6 Å². The first-order chi connectivity index (χ1) is 8.24. The molecule has 0 saturated carbocycles. The SMILES string of the molecule is S=C(Nc1ccc(S)cc1)Oc1ccccc1. The van der Waals surface area contributed by atoms with Crippen LogP contribution in [0.25, 0.3) is 0 Å². The topological polar surface area (TPSA) is 21.3 Å². The van der Waals surface area contributed by atoms with Gasteiger partial charge >= 0.3 is 0 Å². The van der Waals surface area contributed by atoms with Crippen LogP contribution in [0.4, 0.5) is 5.69 Å². The van der Waals surface area contributed by atoms with Crippen LogP contribution in [0.2, 0.25) is 0 Å². The third-order valence-electron chi connectivity index (χ3n) is 2.07. The first-order valence-corrected chi connectivity index (χ1v) is 5.92. The van der Waals surface area contributed by atoms with Crippen LogP contribution in [0.15, 0.2) is 59.5 Å². The molecule has 0 unspecified atom stereocenters. The van der Waals surface area contributed by atoms with Crippen molar-refractivity contribution in [2.45, 2.75) is 4.90 Å². The molecule has 2 aromatic carbocycles. The highest BCUT2D eigenvalue weighted by molar-refractivity contribution is 7.80. The van der Waals surface area contributed by atoms with Crippen LogP contribution < -0.4 is 10.1 Å². The minimum Gasteiger partial charge on any atom is -0.432 e.